The summed E-state index contributed by atoms with van der Waals surface area (Å²) >= 11 is 0. The fourth-order valence-corrected chi connectivity index (χ4v) is 11.9. The van der Waals surface area contributed by atoms with Crippen LogP contribution in [-0.4, -0.2) is 9.13 Å². The van der Waals surface area contributed by atoms with E-state index in [0.29, 0.717) is 0 Å². The van der Waals surface area contributed by atoms with Crippen LogP contribution in [0.5, 0.6) is 0 Å². The Morgan fingerprint density at radius 2 is 0.868 bits per heavy atom. The first-order valence-electron chi connectivity index (χ1n) is 26.6. The van der Waals surface area contributed by atoms with Gasteiger partial charge in [0.2, 0.25) is 0 Å². The van der Waals surface area contributed by atoms with Gasteiger partial charge < -0.3 is 18.9 Å². The number of anilines is 5. The summed E-state index contributed by atoms with van der Waals surface area (Å²) in [6, 6.07) is 91.1. The van der Waals surface area contributed by atoms with Gasteiger partial charge in [0.05, 0.1) is 22.1 Å². The molecule has 76 heavy (non-hydrogen) atoms. The quantitative estimate of drug-likeness (QED) is 0.128. The molecule has 2 aliphatic rings. The second kappa shape index (κ2) is 19.3. The predicted octanol–water partition coefficient (Wildman–Crippen LogP) is 19.7. The minimum atomic E-state index is 0.274. The molecule has 362 valence electrons. The molecule has 4 nitrogen and oxygen atoms in total. The number of aromatic nitrogens is 2. The third-order valence-corrected chi connectivity index (χ3v) is 15.5. The van der Waals surface area contributed by atoms with Crippen LogP contribution in [0.1, 0.15) is 30.7 Å². The molecular formula is C72H54N4. The first kappa shape index (κ1) is 45.0. The van der Waals surface area contributed by atoms with Crippen LogP contribution in [0.15, 0.2) is 291 Å². The summed E-state index contributed by atoms with van der Waals surface area (Å²) in [5.41, 5.74) is 20.2. The van der Waals surface area contributed by atoms with E-state index >= 15 is 0 Å². The first-order valence-corrected chi connectivity index (χ1v) is 26.6. The Hall–Kier alpha value is -9.64. The lowest BCUT2D eigenvalue weighted by Crippen LogP contribution is -2.19. The number of hydrogen-bond donors (Lipinski definition) is 0. The average molecular weight is 975 g/mol. The van der Waals surface area contributed by atoms with E-state index in [-0.39, 0.29) is 5.92 Å². The van der Waals surface area contributed by atoms with Crippen molar-refractivity contribution >= 4 is 77.7 Å². The lowest BCUT2D eigenvalue weighted by Gasteiger charge is -2.31. The Kier molecular flexibility index (Phi) is 11.4. The highest BCUT2D eigenvalue weighted by molar-refractivity contribution is 6.12. The van der Waals surface area contributed by atoms with E-state index in [2.05, 4.69) is 304 Å². The van der Waals surface area contributed by atoms with Gasteiger partial charge >= 0.3 is 0 Å². The summed E-state index contributed by atoms with van der Waals surface area (Å²) in [6.07, 6.45) is 16.6. The van der Waals surface area contributed by atoms with Gasteiger partial charge in [0.1, 0.15) is 0 Å². The van der Waals surface area contributed by atoms with Crippen molar-refractivity contribution in [3.63, 3.8) is 0 Å². The molecule has 0 spiro atoms. The van der Waals surface area contributed by atoms with Crippen molar-refractivity contribution in [2.45, 2.75) is 25.2 Å². The van der Waals surface area contributed by atoms with Gasteiger partial charge in [0.25, 0.3) is 0 Å². The summed E-state index contributed by atoms with van der Waals surface area (Å²) in [6.45, 7) is 0. The standard InChI is InChI=1S/C72H54N4/c1-5-19-51(20-6-1)55-23-17-29-61(47-55)73(63-43-45-71-67(49-63)65-31-13-15-33-69(65)75(71)57-25-9-3-10-26-57)59-39-35-53(36-40-59)54-37-41-60(42-38-54)74(62-30-18-24-56(48-62)52-21-7-2-8-22-52)64-44-46-72-68(50-64)66-32-14-16-34-70(66)76(72)58-27-11-4-12-28-58/h1-11,13-27,29-47,49-50,56H,12,28,48H2. The third-order valence-electron chi connectivity index (χ3n) is 15.5. The normalized spacial score (nSPS) is 14.3. The zero-order chi connectivity index (χ0) is 50.4. The molecule has 0 amide bonds. The molecule has 2 aromatic heterocycles. The highest BCUT2D eigenvalue weighted by atomic mass is 15.2. The molecule has 0 radical (unpaired) electrons. The van der Waals surface area contributed by atoms with Gasteiger partial charge in [-0.2, -0.15) is 0 Å². The maximum absolute atomic E-state index is 2.48. The van der Waals surface area contributed by atoms with Crippen molar-refractivity contribution in [1.29, 1.82) is 0 Å². The summed E-state index contributed by atoms with van der Waals surface area (Å²) in [5, 5.41) is 4.97. The SMILES string of the molecule is C1=CCCC(n2c3ccccc3c3cc(N(C4=CC=CC(c5ccccc5)C4)c4ccc(-c5ccc(N(c6cccc(-c7ccccc7)c6)c6ccc7c(c6)c6ccccc6n7-c6ccccc6)cc5)cc4)ccc32)=C1. The summed E-state index contributed by atoms with van der Waals surface area (Å²) in [7, 11) is 0. The van der Waals surface area contributed by atoms with Gasteiger partial charge in [-0.15, -0.1) is 0 Å². The fraction of sp³-hybridized carbons (Fsp3) is 0.0556. The maximum Gasteiger partial charge on any atom is 0.0542 e. The van der Waals surface area contributed by atoms with E-state index < -0.39 is 0 Å². The van der Waals surface area contributed by atoms with Gasteiger partial charge in [-0.25, -0.2) is 0 Å². The third kappa shape index (κ3) is 8.12. The average Bonchev–Trinajstić information content (AvgIpc) is 4.08. The van der Waals surface area contributed by atoms with Gasteiger partial charge in [0.15, 0.2) is 0 Å². The van der Waals surface area contributed by atoms with Crippen molar-refractivity contribution in [2.24, 2.45) is 0 Å². The molecule has 0 saturated heterocycles. The molecule has 0 fully saturated rings. The molecule has 1 unspecified atom stereocenters. The predicted molar refractivity (Wildman–Crippen MR) is 322 cm³/mol. The number of allylic oxidation sites excluding steroid dienone is 8. The molecular weight excluding hydrogens is 921 g/mol. The van der Waals surface area contributed by atoms with E-state index in [1.165, 1.54) is 71.7 Å². The minimum Gasteiger partial charge on any atom is -0.314 e. The molecule has 1 atom stereocenters. The second-order valence-corrected chi connectivity index (χ2v) is 20.0. The minimum absolute atomic E-state index is 0.274. The van der Waals surface area contributed by atoms with Crippen LogP contribution in [0.4, 0.5) is 28.4 Å². The molecule has 2 aliphatic carbocycles. The van der Waals surface area contributed by atoms with Crippen LogP contribution >= 0.6 is 0 Å². The second-order valence-electron chi connectivity index (χ2n) is 20.0. The largest absolute Gasteiger partial charge is 0.314 e. The Balaban J connectivity index is 0.845. The Morgan fingerprint density at radius 1 is 0.355 bits per heavy atom. The van der Waals surface area contributed by atoms with Crippen LogP contribution in [0.25, 0.3) is 77.2 Å². The highest BCUT2D eigenvalue weighted by Crippen LogP contribution is 2.44. The zero-order valence-electron chi connectivity index (χ0n) is 42.1. The van der Waals surface area contributed by atoms with Crippen LogP contribution in [0.3, 0.4) is 0 Å². The van der Waals surface area contributed by atoms with Crippen LogP contribution < -0.4 is 9.80 Å². The smallest absolute Gasteiger partial charge is 0.0542 e. The lowest BCUT2D eigenvalue weighted by molar-refractivity contribution is 0.794. The summed E-state index contributed by atoms with van der Waals surface area (Å²) in [4.78, 5) is 4.88. The van der Waals surface area contributed by atoms with Crippen molar-refractivity contribution < 1.29 is 0 Å². The van der Waals surface area contributed by atoms with Crippen LogP contribution in [0.2, 0.25) is 0 Å². The molecule has 4 heteroatoms. The van der Waals surface area contributed by atoms with Crippen LogP contribution in [-0.2, 0) is 0 Å². The van der Waals surface area contributed by atoms with Gasteiger partial charge in [-0.05, 0) is 156 Å². The van der Waals surface area contributed by atoms with Crippen molar-refractivity contribution in [1.82, 2.24) is 9.13 Å². The summed E-state index contributed by atoms with van der Waals surface area (Å²) in [5.74, 6) is 0.274. The van der Waals surface area contributed by atoms with E-state index in [1.54, 1.807) is 0 Å². The molecule has 12 aromatic rings. The molecule has 2 heterocycles. The maximum atomic E-state index is 2.48. The molecule has 0 bridgehead atoms. The Bertz CT molecular complexity index is 4230. The Morgan fingerprint density at radius 3 is 1.53 bits per heavy atom. The van der Waals surface area contributed by atoms with Gasteiger partial charge in [0, 0.05) is 73.0 Å². The molecule has 0 saturated carbocycles. The number of fused-ring (bicyclic) bond motifs is 6. The molecule has 0 aliphatic heterocycles. The molecule has 14 rings (SSSR count). The first-order chi connectivity index (χ1) is 37.7. The summed E-state index contributed by atoms with van der Waals surface area (Å²) < 4.78 is 4.85. The number of nitrogens with zero attached hydrogens (tertiary/aromatic N) is 4. The Labute approximate surface area is 444 Å². The van der Waals surface area contributed by atoms with Crippen molar-refractivity contribution in [3.05, 3.63) is 296 Å². The van der Waals surface area contributed by atoms with E-state index in [1.807, 2.05) is 0 Å². The number of para-hydroxylation sites is 3. The van der Waals surface area contributed by atoms with E-state index in [0.717, 1.165) is 64.5 Å². The van der Waals surface area contributed by atoms with Gasteiger partial charge in [-0.3, -0.25) is 0 Å². The van der Waals surface area contributed by atoms with Crippen molar-refractivity contribution in [3.8, 4) is 27.9 Å². The number of benzene rings is 10. The number of hydrogen-bond acceptors (Lipinski definition) is 2. The van der Waals surface area contributed by atoms with Gasteiger partial charge in [-0.1, -0.05) is 176 Å². The topological polar surface area (TPSA) is 16.3 Å². The fourth-order valence-electron chi connectivity index (χ4n) is 11.9. The monoisotopic (exact) mass is 974 g/mol. The van der Waals surface area contributed by atoms with Crippen molar-refractivity contribution in [2.75, 3.05) is 9.80 Å². The lowest BCUT2D eigenvalue weighted by atomic mass is 9.90. The zero-order valence-corrected chi connectivity index (χ0v) is 42.1. The van der Waals surface area contributed by atoms with E-state index in [9.17, 15) is 0 Å². The van der Waals surface area contributed by atoms with E-state index in [4.69, 9.17) is 0 Å². The highest BCUT2D eigenvalue weighted by Gasteiger charge is 2.24. The molecule has 10 aromatic carbocycles. The van der Waals surface area contributed by atoms with Crippen LogP contribution in [0, 0.1) is 0 Å². The molecule has 0 N–H and O–H groups in total. The number of rotatable bonds is 11.